The van der Waals surface area contributed by atoms with Gasteiger partial charge in [-0.25, -0.2) is 0 Å². The third-order valence-corrected chi connectivity index (χ3v) is 1.21. The second kappa shape index (κ2) is 7.36. The summed E-state index contributed by atoms with van der Waals surface area (Å²) < 4.78 is 0. The molecule has 0 unspecified atom stereocenters. The Morgan fingerprint density at radius 1 is 1.54 bits per heavy atom. The molecule has 4 nitrogen and oxygen atoms in total. The Morgan fingerprint density at radius 3 is 2.77 bits per heavy atom. The first-order valence-corrected chi connectivity index (χ1v) is 4.21. The predicted octanol–water partition coefficient (Wildman–Crippen LogP) is 1.18. The molecule has 0 aromatic heterocycles. The van der Waals surface area contributed by atoms with E-state index in [1.807, 2.05) is 6.92 Å². The van der Waals surface area contributed by atoms with Gasteiger partial charge in [0.05, 0.1) is 5.71 Å². The average Bonchev–Trinajstić information content (AvgIpc) is 2.05. The Bertz CT molecular complexity index is 209. The van der Waals surface area contributed by atoms with Gasteiger partial charge in [0.25, 0.3) is 0 Å². The molecule has 0 rings (SSSR count). The summed E-state index contributed by atoms with van der Waals surface area (Å²) in [5, 5.41) is 10.4. The van der Waals surface area contributed by atoms with E-state index in [-0.39, 0.29) is 0 Å². The highest BCUT2D eigenvalue weighted by Crippen LogP contribution is 1.92. The smallest absolute Gasteiger partial charge is 0.123 e. The van der Waals surface area contributed by atoms with Crippen LogP contribution in [0.4, 0.5) is 0 Å². The first kappa shape index (κ1) is 11.7. The largest absolute Gasteiger partial charge is 0.414 e. The summed E-state index contributed by atoms with van der Waals surface area (Å²) in [4.78, 5) is 4.93. The van der Waals surface area contributed by atoms with Gasteiger partial charge >= 0.3 is 0 Å². The molecule has 0 saturated carbocycles. The molecule has 0 aromatic carbocycles. The standard InChI is InChI=1S/C9H17N3O/c1-4-12-6-5-9(10)7-8(2)13-11-3/h5-7,10-12H,4H2,1-3H3/b6-5+,8-7+,10-9?. The molecule has 4 heteroatoms. The van der Waals surface area contributed by atoms with Crippen molar-refractivity contribution in [2.45, 2.75) is 13.8 Å². The van der Waals surface area contributed by atoms with Gasteiger partial charge in [0.2, 0.25) is 0 Å². The summed E-state index contributed by atoms with van der Waals surface area (Å²) in [5.41, 5.74) is 2.93. The van der Waals surface area contributed by atoms with Crippen LogP contribution in [0.2, 0.25) is 0 Å². The number of hydrogen-bond acceptors (Lipinski definition) is 4. The van der Waals surface area contributed by atoms with E-state index in [4.69, 9.17) is 10.2 Å². The van der Waals surface area contributed by atoms with Crippen molar-refractivity contribution in [2.75, 3.05) is 13.6 Å². The van der Waals surface area contributed by atoms with Crippen molar-refractivity contribution in [2.24, 2.45) is 0 Å². The Labute approximate surface area is 79.1 Å². The highest BCUT2D eigenvalue weighted by Gasteiger charge is 1.89. The molecule has 0 aromatic rings. The summed E-state index contributed by atoms with van der Waals surface area (Å²) in [6.07, 6.45) is 5.04. The van der Waals surface area contributed by atoms with E-state index in [9.17, 15) is 0 Å². The minimum Gasteiger partial charge on any atom is -0.414 e. The van der Waals surface area contributed by atoms with Crippen molar-refractivity contribution < 1.29 is 4.84 Å². The maximum Gasteiger partial charge on any atom is 0.123 e. The molecule has 0 bridgehead atoms. The quantitative estimate of drug-likeness (QED) is 0.329. The fourth-order valence-corrected chi connectivity index (χ4v) is 0.724. The third kappa shape index (κ3) is 7.08. The zero-order chi connectivity index (χ0) is 10.1. The lowest BCUT2D eigenvalue weighted by Gasteiger charge is -2.01. The lowest BCUT2D eigenvalue weighted by molar-refractivity contribution is 0.128. The number of rotatable bonds is 6. The first-order valence-electron chi connectivity index (χ1n) is 4.21. The highest BCUT2D eigenvalue weighted by molar-refractivity contribution is 6.01. The summed E-state index contributed by atoms with van der Waals surface area (Å²) in [6.45, 7) is 4.64. The van der Waals surface area contributed by atoms with Gasteiger partial charge in [-0.3, -0.25) is 0 Å². The summed E-state index contributed by atoms with van der Waals surface area (Å²) in [6, 6.07) is 0. The van der Waals surface area contributed by atoms with Crippen LogP contribution in [-0.4, -0.2) is 19.3 Å². The molecular formula is C9H17N3O. The van der Waals surface area contributed by atoms with E-state index in [1.165, 1.54) is 0 Å². The van der Waals surface area contributed by atoms with Crippen molar-refractivity contribution in [1.29, 1.82) is 5.41 Å². The van der Waals surface area contributed by atoms with Crippen molar-refractivity contribution in [3.8, 4) is 0 Å². The molecule has 0 aliphatic heterocycles. The first-order chi connectivity index (χ1) is 6.20. The fraction of sp³-hybridized carbons (Fsp3) is 0.444. The molecule has 0 aliphatic rings. The van der Waals surface area contributed by atoms with Gasteiger partial charge in [-0.1, -0.05) is 0 Å². The summed E-state index contributed by atoms with van der Waals surface area (Å²) >= 11 is 0. The van der Waals surface area contributed by atoms with E-state index in [1.54, 1.807) is 32.3 Å². The molecule has 0 spiro atoms. The molecule has 3 N–H and O–H groups in total. The Hall–Kier alpha value is -1.29. The van der Waals surface area contributed by atoms with Gasteiger partial charge in [-0.05, 0) is 26.1 Å². The molecular weight excluding hydrogens is 166 g/mol. The van der Waals surface area contributed by atoms with Crippen LogP contribution in [0, 0.1) is 5.41 Å². The lowest BCUT2D eigenvalue weighted by Crippen LogP contribution is -2.06. The zero-order valence-electron chi connectivity index (χ0n) is 8.35. The molecule has 0 aliphatic carbocycles. The van der Waals surface area contributed by atoms with Crippen LogP contribution >= 0.6 is 0 Å². The summed E-state index contributed by atoms with van der Waals surface area (Å²) in [5.74, 6) is 0.661. The maximum atomic E-state index is 7.46. The maximum absolute atomic E-state index is 7.46. The van der Waals surface area contributed by atoms with Crippen LogP contribution in [0.3, 0.4) is 0 Å². The Kier molecular flexibility index (Phi) is 6.63. The van der Waals surface area contributed by atoms with Crippen LogP contribution in [0.15, 0.2) is 24.1 Å². The minimum atomic E-state index is 0.397. The highest BCUT2D eigenvalue weighted by atomic mass is 16.6. The zero-order valence-corrected chi connectivity index (χ0v) is 8.35. The SMILES string of the molecule is CCN/C=C/C(=N)/C=C(\C)ONC. The molecule has 0 radical (unpaired) electrons. The van der Waals surface area contributed by atoms with Crippen LogP contribution < -0.4 is 10.8 Å². The normalized spacial score (nSPS) is 11.8. The monoisotopic (exact) mass is 183 g/mol. The third-order valence-electron chi connectivity index (χ3n) is 1.21. The summed E-state index contributed by atoms with van der Waals surface area (Å²) in [7, 11) is 1.68. The van der Waals surface area contributed by atoms with Crippen LogP contribution in [0.5, 0.6) is 0 Å². The molecule has 0 atom stereocenters. The van der Waals surface area contributed by atoms with E-state index in [0.29, 0.717) is 11.5 Å². The Morgan fingerprint density at radius 2 is 2.23 bits per heavy atom. The van der Waals surface area contributed by atoms with Crippen molar-refractivity contribution >= 4 is 5.71 Å². The predicted molar refractivity (Wildman–Crippen MR) is 54.4 cm³/mol. The number of allylic oxidation sites excluding steroid dienone is 3. The van der Waals surface area contributed by atoms with Gasteiger partial charge in [0, 0.05) is 19.7 Å². The molecule has 0 saturated heterocycles. The van der Waals surface area contributed by atoms with Gasteiger partial charge < -0.3 is 15.6 Å². The van der Waals surface area contributed by atoms with E-state index >= 15 is 0 Å². The van der Waals surface area contributed by atoms with Crippen molar-refractivity contribution in [3.05, 3.63) is 24.1 Å². The number of nitrogens with one attached hydrogen (secondary N) is 3. The van der Waals surface area contributed by atoms with E-state index in [0.717, 1.165) is 6.54 Å². The Balaban J connectivity index is 3.91. The topological polar surface area (TPSA) is 57.1 Å². The van der Waals surface area contributed by atoms with Crippen LogP contribution in [-0.2, 0) is 4.84 Å². The second-order valence-corrected chi connectivity index (χ2v) is 2.41. The molecule has 0 amide bonds. The van der Waals surface area contributed by atoms with Gasteiger partial charge in [0.15, 0.2) is 0 Å². The lowest BCUT2D eigenvalue weighted by atomic mass is 10.3. The van der Waals surface area contributed by atoms with Gasteiger partial charge in [-0.15, -0.1) is 0 Å². The number of hydrogen-bond donors (Lipinski definition) is 3. The number of hydroxylamine groups is 1. The average molecular weight is 183 g/mol. The van der Waals surface area contributed by atoms with Crippen LogP contribution in [0.25, 0.3) is 0 Å². The fourth-order valence-electron chi connectivity index (χ4n) is 0.724. The molecule has 0 fully saturated rings. The molecule has 0 heterocycles. The van der Waals surface area contributed by atoms with E-state index in [2.05, 4.69) is 10.8 Å². The van der Waals surface area contributed by atoms with E-state index < -0.39 is 0 Å². The van der Waals surface area contributed by atoms with Crippen molar-refractivity contribution in [1.82, 2.24) is 10.8 Å². The van der Waals surface area contributed by atoms with Crippen molar-refractivity contribution in [3.63, 3.8) is 0 Å². The van der Waals surface area contributed by atoms with Gasteiger partial charge in [-0.2, -0.15) is 5.48 Å². The minimum absolute atomic E-state index is 0.397. The van der Waals surface area contributed by atoms with Gasteiger partial charge in [0.1, 0.15) is 5.76 Å². The molecule has 13 heavy (non-hydrogen) atoms. The molecule has 74 valence electrons. The second-order valence-electron chi connectivity index (χ2n) is 2.41. The van der Waals surface area contributed by atoms with Crippen LogP contribution in [0.1, 0.15) is 13.8 Å².